The van der Waals surface area contributed by atoms with Gasteiger partial charge in [-0.2, -0.15) is 5.10 Å². The first-order chi connectivity index (χ1) is 7.11. The molecule has 0 saturated heterocycles. The number of rotatable bonds is 3. The number of aromatic nitrogens is 2. The molecule has 0 fully saturated rings. The van der Waals surface area contributed by atoms with Crippen molar-refractivity contribution in [1.29, 1.82) is 0 Å². The lowest BCUT2D eigenvalue weighted by atomic mass is 10.3. The van der Waals surface area contributed by atoms with E-state index < -0.39 is 0 Å². The molecule has 0 spiro atoms. The summed E-state index contributed by atoms with van der Waals surface area (Å²) in [5.41, 5.74) is 6.40. The first-order valence-corrected chi connectivity index (χ1v) is 4.62. The molecule has 0 radical (unpaired) electrons. The number of aryl methyl sites for hydroxylation is 1. The lowest BCUT2D eigenvalue weighted by molar-refractivity contribution is 0.0775. The zero-order valence-electron chi connectivity index (χ0n) is 8.90. The molecule has 1 heterocycles. The van der Waals surface area contributed by atoms with Crippen LogP contribution in [0.25, 0.3) is 0 Å². The van der Waals surface area contributed by atoms with E-state index in [1.54, 1.807) is 7.05 Å². The van der Waals surface area contributed by atoms with Crippen LogP contribution in [0.5, 0.6) is 0 Å². The second-order valence-corrected chi connectivity index (χ2v) is 3.10. The SMILES string of the molecule is C#CCN(CC)C(=O)c1c(N)cnn1C. The molecule has 80 valence electrons. The van der Waals surface area contributed by atoms with Crippen molar-refractivity contribution < 1.29 is 4.79 Å². The smallest absolute Gasteiger partial charge is 0.275 e. The normalized spacial score (nSPS) is 9.67. The molecule has 0 aliphatic heterocycles. The van der Waals surface area contributed by atoms with Gasteiger partial charge in [-0.15, -0.1) is 6.42 Å². The van der Waals surface area contributed by atoms with Crippen LogP contribution in [0.4, 0.5) is 5.69 Å². The summed E-state index contributed by atoms with van der Waals surface area (Å²) in [5, 5.41) is 3.91. The molecule has 0 aliphatic carbocycles. The van der Waals surface area contributed by atoms with Gasteiger partial charge in [0, 0.05) is 13.6 Å². The van der Waals surface area contributed by atoms with Gasteiger partial charge in [-0.25, -0.2) is 0 Å². The van der Waals surface area contributed by atoms with Gasteiger partial charge in [0.2, 0.25) is 0 Å². The van der Waals surface area contributed by atoms with Crippen molar-refractivity contribution in [3.05, 3.63) is 11.9 Å². The molecule has 0 saturated carbocycles. The summed E-state index contributed by atoms with van der Waals surface area (Å²) in [5.74, 6) is 2.25. The number of carbonyl (C=O) groups excluding carboxylic acids is 1. The fourth-order valence-corrected chi connectivity index (χ4v) is 1.30. The van der Waals surface area contributed by atoms with Crippen LogP contribution in [-0.4, -0.2) is 33.7 Å². The summed E-state index contributed by atoms with van der Waals surface area (Å²) < 4.78 is 1.46. The Bertz CT molecular complexity index is 383. The predicted octanol–water partition coefficient (Wildman–Crippen LogP) is 0.0976. The third kappa shape index (κ3) is 2.10. The summed E-state index contributed by atoms with van der Waals surface area (Å²) in [6.07, 6.45) is 6.63. The number of hydrogen-bond acceptors (Lipinski definition) is 3. The number of carbonyl (C=O) groups is 1. The number of amides is 1. The minimum Gasteiger partial charge on any atom is -0.396 e. The Morgan fingerprint density at radius 1 is 1.80 bits per heavy atom. The molecule has 1 aromatic rings. The van der Waals surface area contributed by atoms with E-state index in [-0.39, 0.29) is 12.5 Å². The zero-order valence-corrected chi connectivity index (χ0v) is 8.90. The Morgan fingerprint density at radius 3 is 2.87 bits per heavy atom. The maximum absolute atomic E-state index is 12.0. The van der Waals surface area contributed by atoms with Crippen LogP contribution < -0.4 is 5.73 Å². The van der Waals surface area contributed by atoms with E-state index in [4.69, 9.17) is 12.2 Å². The molecular weight excluding hydrogens is 192 g/mol. The highest BCUT2D eigenvalue weighted by molar-refractivity contribution is 5.97. The van der Waals surface area contributed by atoms with E-state index in [1.807, 2.05) is 6.92 Å². The van der Waals surface area contributed by atoms with E-state index in [0.717, 1.165) is 0 Å². The van der Waals surface area contributed by atoms with Crippen LogP contribution in [0, 0.1) is 12.3 Å². The molecule has 5 heteroatoms. The second-order valence-electron chi connectivity index (χ2n) is 3.10. The van der Waals surface area contributed by atoms with Crippen LogP contribution in [0.3, 0.4) is 0 Å². The van der Waals surface area contributed by atoms with Crippen molar-refractivity contribution in [3.63, 3.8) is 0 Å². The number of nitrogens with two attached hydrogens (primary N) is 1. The molecule has 1 aromatic heterocycles. The first kappa shape index (κ1) is 11.1. The van der Waals surface area contributed by atoms with Crippen molar-refractivity contribution in [1.82, 2.24) is 14.7 Å². The highest BCUT2D eigenvalue weighted by Crippen LogP contribution is 2.12. The predicted molar refractivity (Wildman–Crippen MR) is 58.0 cm³/mol. The molecule has 0 unspecified atom stereocenters. The van der Waals surface area contributed by atoms with Crippen molar-refractivity contribution >= 4 is 11.6 Å². The first-order valence-electron chi connectivity index (χ1n) is 4.62. The van der Waals surface area contributed by atoms with Crippen molar-refractivity contribution in [2.75, 3.05) is 18.8 Å². The van der Waals surface area contributed by atoms with Gasteiger partial charge in [-0.05, 0) is 6.92 Å². The van der Waals surface area contributed by atoms with Gasteiger partial charge in [-0.3, -0.25) is 9.48 Å². The Labute approximate surface area is 88.9 Å². The van der Waals surface area contributed by atoms with Crippen LogP contribution >= 0.6 is 0 Å². The Hall–Kier alpha value is -1.96. The van der Waals surface area contributed by atoms with Crippen LogP contribution in [0.2, 0.25) is 0 Å². The minimum absolute atomic E-state index is 0.187. The molecule has 5 nitrogen and oxygen atoms in total. The number of anilines is 1. The standard InChI is InChI=1S/C10H14N4O/c1-4-6-14(5-2)10(15)9-8(11)7-12-13(9)3/h1,7H,5-6,11H2,2-3H3. The Morgan fingerprint density at radius 2 is 2.47 bits per heavy atom. The summed E-state index contributed by atoms with van der Waals surface area (Å²) in [4.78, 5) is 13.5. The third-order valence-corrected chi connectivity index (χ3v) is 2.12. The molecule has 15 heavy (non-hydrogen) atoms. The maximum atomic E-state index is 12.0. The van der Waals surface area contributed by atoms with E-state index in [2.05, 4.69) is 11.0 Å². The molecule has 2 N–H and O–H groups in total. The van der Waals surface area contributed by atoms with Gasteiger partial charge in [0.15, 0.2) is 0 Å². The summed E-state index contributed by atoms with van der Waals surface area (Å²) in [6.45, 7) is 2.69. The van der Waals surface area contributed by atoms with Gasteiger partial charge in [-0.1, -0.05) is 5.92 Å². The zero-order chi connectivity index (χ0) is 11.4. The highest BCUT2D eigenvalue weighted by Gasteiger charge is 2.19. The van der Waals surface area contributed by atoms with Gasteiger partial charge in [0.05, 0.1) is 18.4 Å². The highest BCUT2D eigenvalue weighted by atomic mass is 16.2. The number of nitrogens with zero attached hydrogens (tertiary/aromatic N) is 3. The van der Waals surface area contributed by atoms with Gasteiger partial charge in [0.1, 0.15) is 5.69 Å². The summed E-state index contributed by atoms with van der Waals surface area (Å²) in [6, 6.07) is 0. The average molecular weight is 206 g/mol. The molecule has 0 atom stereocenters. The lowest BCUT2D eigenvalue weighted by Crippen LogP contribution is -2.33. The molecule has 0 aliphatic rings. The summed E-state index contributed by atoms with van der Waals surface area (Å²) >= 11 is 0. The number of hydrogen-bond donors (Lipinski definition) is 1. The molecule has 1 amide bonds. The van der Waals surface area contributed by atoms with Crippen molar-refractivity contribution in [2.45, 2.75) is 6.92 Å². The molecular formula is C10H14N4O. The van der Waals surface area contributed by atoms with Gasteiger partial charge in [0.25, 0.3) is 5.91 Å². The van der Waals surface area contributed by atoms with E-state index in [1.165, 1.54) is 15.8 Å². The fourth-order valence-electron chi connectivity index (χ4n) is 1.30. The van der Waals surface area contributed by atoms with Crippen LogP contribution in [-0.2, 0) is 7.05 Å². The molecule has 1 rings (SSSR count). The number of nitrogen functional groups attached to an aromatic ring is 1. The Balaban J connectivity index is 2.98. The lowest BCUT2D eigenvalue weighted by Gasteiger charge is -2.18. The van der Waals surface area contributed by atoms with E-state index in [0.29, 0.717) is 17.9 Å². The maximum Gasteiger partial charge on any atom is 0.275 e. The molecule has 0 aromatic carbocycles. The summed E-state index contributed by atoms with van der Waals surface area (Å²) in [7, 11) is 1.67. The van der Waals surface area contributed by atoms with Crippen molar-refractivity contribution in [2.24, 2.45) is 7.05 Å². The largest absolute Gasteiger partial charge is 0.396 e. The van der Waals surface area contributed by atoms with Crippen LogP contribution in [0.15, 0.2) is 6.20 Å². The van der Waals surface area contributed by atoms with Crippen molar-refractivity contribution in [3.8, 4) is 12.3 Å². The average Bonchev–Trinajstić information content (AvgIpc) is 2.54. The van der Waals surface area contributed by atoms with Gasteiger partial charge >= 0.3 is 0 Å². The van der Waals surface area contributed by atoms with Crippen LogP contribution in [0.1, 0.15) is 17.4 Å². The quantitative estimate of drug-likeness (QED) is 0.713. The monoisotopic (exact) mass is 206 g/mol. The van der Waals surface area contributed by atoms with Gasteiger partial charge < -0.3 is 10.6 Å². The Kier molecular flexibility index (Phi) is 3.34. The van der Waals surface area contributed by atoms with E-state index >= 15 is 0 Å². The fraction of sp³-hybridized carbons (Fsp3) is 0.400. The van der Waals surface area contributed by atoms with E-state index in [9.17, 15) is 4.79 Å². The topological polar surface area (TPSA) is 64.2 Å². The minimum atomic E-state index is -0.187. The number of terminal acetylenes is 1. The second kappa shape index (κ2) is 4.51. The third-order valence-electron chi connectivity index (χ3n) is 2.12. The molecule has 0 bridgehead atoms.